The molecule has 0 bridgehead atoms. The molecule has 0 aromatic heterocycles. The van der Waals surface area contributed by atoms with Gasteiger partial charge in [0.15, 0.2) is 0 Å². The Hall–Kier alpha value is -3.21. The lowest BCUT2D eigenvalue weighted by molar-refractivity contribution is -0.137. The molecule has 1 aromatic rings. The van der Waals surface area contributed by atoms with Crippen molar-refractivity contribution in [3.63, 3.8) is 0 Å². The molecule has 0 aliphatic rings. The number of methoxy groups -OCH3 is 1. The summed E-state index contributed by atoms with van der Waals surface area (Å²) < 4.78 is 10.5. The highest BCUT2D eigenvalue weighted by atomic mass is 16.5. The van der Waals surface area contributed by atoms with Crippen molar-refractivity contribution < 1.29 is 24.2 Å². The second-order valence-electron chi connectivity index (χ2n) is 4.90. The van der Waals surface area contributed by atoms with Gasteiger partial charge in [-0.25, -0.2) is 0 Å². The van der Waals surface area contributed by atoms with Crippen molar-refractivity contribution in [2.24, 2.45) is 0 Å². The van der Waals surface area contributed by atoms with Crippen LogP contribution in [0.2, 0.25) is 0 Å². The number of hydrogen-bond donors (Lipinski definition) is 3. The highest BCUT2D eigenvalue weighted by molar-refractivity contribution is 5.97. The predicted octanol–water partition coefficient (Wildman–Crippen LogP) is 1.05. The number of aliphatic carboxylic acids is 1. The quantitative estimate of drug-likeness (QED) is 0.311. The van der Waals surface area contributed by atoms with Crippen LogP contribution in [0.4, 0.5) is 0 Å². The van der Waals surface area contributed by atoms with E-state index in [1.165, 1.54) is 6.20 Å². The number of carbonyl (C=O) groups excluding carboxylic acids is 1. The van der Waals surface area contributed by atoms with Crippen LogP contribution in [0.25, 0.3) is 0 Å². The molecule has 0 radical (unpaired) electrons. The highest BCUT2D eigenvalue weighted by Gasteiger charge is 2.08. The van der Waals surface area contributed by atoms with Crippen LogP contribution in [0, 0.1) is 11.3 Å². The molecule has 0 heterocycles. The lowest BCUT2D eigenvalue weighted by Crippen LogP contribution is -2.27. The third kappa shape index (κ3) is 8.27. The van der Waals surface area contributed by atoms with E-state index in [2.05, 4.69) is 10.6 Å². The van der Waals surface area contributed by atoms with Gasteiger partial charge in [0.2, 0.25) is 0 Å². The Morgan fingerprint density at radius 1 is 1.24 bits per heavy atom. The fourth-order valence-electron chi connectivity index (χ4n) is 1.76. The maximum absolute atomic E-state index is 11.7. The Morgan fingerprint density at radius 2 is 1.92 bits per heavy atom. The van der Waals surface area contributed by atoms with Gasteiger partial charge in [0.25, 0.3) is 5.91 Å². The van der Waals surface area contributed by atoms with E-state index in [9.17, 15) is 9.59 Å². The van der Waals surface area contributed by atoms with E-state index in [1.807, 2.05) is 0 Å². The zero-order valence-electron chi connectivity index (χ0n) is 13.9. The fraction of sp³-hybridized carbons (Fsp3) is 0.353. The smallest absolute Gasteiger partial charge is 0.303 e. The van der Waals surface area contributed by atoms with Gasteiger partial charge >= 0.3 is 5.97 Å². The van der Waals surface area contributed by atoms with Crippen LogP contribution in [-0.4, -0.2) is 43.8 Å². The van der Waals surface area contributed by atoms with E-state index in [1.54, 1.807) is 37.4 Å². The molecule has 0 atom stereocenters. The number of amides is 1. The molecule has 8 nitrogen and oxygen atoms in total. The summed E-state index contributed by atoms with van der Waals surface area (Å²) in [6.45, 7) is 0.954. The van der Waals surface area contributed by atoms with E-state index < -0.39 is 11.9 Å². The summed E-state index contributed by atoms with van der Waals surface area (Å²) in [6, 6.07) is 8.91. The second kappa shape index (κ2) is 11.3. The van der Waals surface area contributed by atoms with E-state index in [-0.39, 0.29) is 18.5 Å². The number of carboxylic acids is 1. The standard InChI is InChI=1S/C17H21N3O5/c1-24-14-4-6-15(7-5-14)25-10-9-19-12-13(11-18)17(23)20-8-2-3-16(21)22/h4-7,12,19H,2-3,8-10H2,1H3,(H,20,23)(H,21,22)/b13-12-. The van der Waals surface area contributed by atoms with Crippen molar-refractivity contribution in [3.05, 3.63) is 36.0 Å². The summed E-state index contributed by atoms with van der Waals surface area (Å²) in [5.74, 6) is -0.0509. The van der Waals surface area contributed by atoms with E-state index in [0.29, 0.717) is 25.3 Å². The molecule has 134 valence electrons. The van der Waals surface area contributed by atoms with Gasteiger partial charge in [0, 0.05) is 25.7 Å². The summed E-state index contributed by atoms with van der Waals surface area (Å²) in [4.78, 5) is 22.1. The lowest BCUT2D eigenvalue weighted by atomic mass is 10.2. The summed E-state index contributed by atoms with van der Waals surface area (Å²) in [5.41, 5.74) is -0.0835. The fourth-order valence-corrected chi connectivity index (χ4v) is 1.76. The Morgan fingerprint density at radius 3 is 2.52 bits per heavy atom. The first-order valence-corrected chi connectivity index (χ1v) is 7.67. The van der Waals surface area contributed by atoms with Crippen LogP contribution >= 0.6 is 0 Å². The van der Waals surface area contributed by atoms with Crippen molar-refractivity contribution in [1.29, 1.82) is 5.26 Å². The van der Waals surface area contributed by atoms with Gasteiger partial charge in [-0.2, -0.15) is 5.26 Å². The summed E-state index contributed by atoms with van der Waals surface area (Å²) in [6.07, 6.45) is 1.58. The van der Waals surface area contributed by atoms with E-state index in [4.69, 9.17) is 19.8 Å². The number of carboxylic acid groups (broad SMARTS) is 1. The third-order valence-corrected chi connectivity index (χ3v) is 3.04. The number of carbonyl (C=O) groups is 2. The topological polar surface area (TPSA) is 121 Å². The molecule has 0 saturated carbocycles. The number of nitrogens with one attached hydrogen (secondary N) is 2. The molecule has 1 amide bonds. The van der Waals surface area contributed by atoms with Crippen LogP contribution in [-0.2, 0) is 9.59 Å². The Balaban J connectivity index is 2.28. The molecule has 0 unspecified atom stereocenters. The molecule has 1 aromatic carbocycles. The molecule has 0 saturated heterocycles. The monoisotopic (exact) mass is 347 g/mol. The number of benzene rings is 1. The Kier molecular flexibility index (Phi) is 9.00. The van der Waals surface area contributed by atoms with Gasteiger partial charge in [-0.05, 0) is 30.7 Å². The first-order valence-electron chi connectivity index (χ1n) is 7.67. The molecule has 0 fully saturated rings. The second-order valence-corrected chi connectivity index (χ2v) is 4.90. The van der Waals surface area contributed by atoms with Crippen LogP contribution in [0.1, 0.15) is 12.8 Å². The molecule has 8 heteroatoms. The molecule has 0 aliphatic carbocycles. The molecule has 25 heavy (non-hydrogen) atoms. The lowest BCUT2D eigenvalue weighted by Gasteiger charge is -2.07. The number of nitriles is 1. The molecular weight excluding hydrogens is 326 g/mol. The van der Waals surface area contributed by atoms with Gasteiger partial charge < -0.3 is 25.2 Å². The van der Waals surface area contributed by atoms with Gasteiger partial charge in [-0.3, -0.25) is 9.59 Å². The molecule has 0 spiro atoms. The van der Waals surface area contributed by atoms with Crippen molar-refractivity contribution in [3.8, 4) is 17.6 Å². The first-order chi connectivity index (χ1) is 12.1. The van der Waals surface area contributed by atoms with Gasteiger partial charge in [0.1, 0.15) is 29.7 Å². The molecule has 0 aliphatic heterocycles. The highest BCUT2D eigenvalue weighted by Crippen LogP contribution is 2.16. The first kappa shape index (κ1) is 19.8. The number of hydrogen-bond acceptors (Lipinski definition) is 6. The summed E-state index contributed by atoms with van der Waals surface area (Å²) >= 11 is 0. The Bertz CT molecular complexity index is 635. The molecular formula is C17H21N3O5. The maximum Gasteiger partial charge on any atom is 0.303 e. The number of rotatable bonds is 11. The number of nitrogens with zero attached hydrogens (tertiary/aromatic N) is 1. The van der Waals surface area contributed by atoms with Crippen LogP contribution < -0.4 is 20.1 Å². The zero-order valence-corrected chi connectivity index (χ0v) is 13.9. The van der Waals surface area contributed by atoms with Gasteiger partial charge in [-0.15, -0.1) is 0 Å². The van der Waals surface area contributed by atoms with Crippen LogP contribution in [0.15, 0.2) is 36.0 Å². The van der Waals surface area contributed by atoms with Crippen molar-refractivity contribution in [2.45, 2.75) is 12.8 Å². The average molecular weight is 347 g/mol. The third-order valence-electron chi connectivity index (χ3n) is 3.04. The van der Waals surface area contributed by atoms with Crippen molar-refractivity contribution in [1.82, 2.24) is 10.6 Å². The zero-order chi connectivity index (χ0) is 18.5. The van der Waals surface area contributed by atoms with Gasteiger partial charge in [0.05, 0.1) is 7.11 Å². The minimum atomic E-state index is -0.927. The number of ether oxygens (including phenoxy) is 2. The normalized spacial score (nSPS) is 10.5. The SMILES string of the molecule is COc1ccc(OCCN/C=C(/C#N)C(=O)NCCCC(=O)O)cc1. The maximum atomic E-state index is 11.7. The average Bonchev–Trinajstić information content (AvgIpc) is 2.62. The molecule has 1 rings (SSSR count). The minimum absolute atomic E-state index is 0.0349. The largest absolute Gasteiger partial charge is 0.497 e. The van der Waals surface area contributed by atoms with Crippen molar-refractivity contribution in [2.75, 3.05) is 26.8 Å². The van der Waals surface area contributed by atoms with Crippen LogP contribution in [0.5, 0.6) is 11.5 Å². The molecule has 3 N–H and O–H groups in total. The van der Waals surface area contributed by atoms with Gasteiger partial charge in [-0.1, -0.05) is 0 Å². The van der Waals surface area contributed by atoms with E-state index >= 15 is 0 Å². The van der Waals surface area contributed by atoms with E-state index in [0.717, 1.165) is 5.75 Å². The summed E-state index contributed by atoms with van der Waals surface area (Å²) in [7, 11) is 1.58. The predicted molar refractivity (Wildman–Crippen MR) is 90.1 cm³/mol. The van der Waals surface area contributed by atoms with Crippen molar-refractivity contribution >= 4 is 11.9 Å². The minimum Gasteiger partial charge on any atom is -0.497 e. The summed E-state index contributed by atoms with van der Waals surface area (Å²) in [5, 5.41) is 22.8. The van der Waals surface area contributed by atoms with Crippen LogP contribution in [0.3, 0.4) is 0 Å². The Labute approximate surface area is 146 Å².